The first-order chi connectivity index (χ1) is 9.82. The zero-order chi connectivity index (χ0) is 13.8. The third kappa shape index (κ3) is 2.91. The van der Waals surface area contributed by atoms with Crippen LogP contribution in [0.15, 0.2) is 30.3 Å². The SMILES string of the molecule is CCC1(N2CCCNC(Cc3ccccc3)C2)CCC1. The summed E-state index contributed by atoms with van der Waals surface area (Å²) in [6.07, 6.45) is 8.06. The van der Waals surface area contributed by atoms with E-state index in [2.05, 4.69) is 47.5 Å². The van der Waals surface area contributed by atoms with Gasteiger partial charge in [0, 0.05) is 18.1 Å². The largest absolute Gasteiger partial charge is 0.312 e. The van der Waals surface area contributed by atoms with Gasteiger partial charge in [-0.05, 0) is 57.2 Å². The maximum absolute atomic E-state index is 3.76. The van der Waals surface area contributed by atoms with Gasteiger partial charge in [-0.2, -0.15) is 0 Å². The van der Waals surface area contributed by atoms with Crippen LogP contribution in [0.4, 0.5) is 0 Å². The van der Waals surface area contributed by atoms with Gasteiger partial charge in [0.25, 0.3) is 0 Å². The molecule has 20 heavy (non-hydrogen) atoms. The third-order valence-corrected chi connectivity index (χ3v) is 5.42. The average Bonchev–Trinajstić information content (AvgIpc) is 2.65. The molecule has 3 rings (SSSR count). The number of benzene rings is 1. The lowest BCUT2D eigenvalue weighted by atomic mass is 9.73. The zero-order valence-corrected chi connectivity index (χ0v) is 12.8. The summed E-state index contributed by atoms with van der Waals surface area (Å²) in [5.41, 5.74) is 2.01. The van der Waals surface area contributed by atoms with E-state index in [1.54, 1.807) is 0 Å². The van der Waals surface area contributed by atoms with Crippen LogP contribution in [0.25, 0.3) is 0 Å². The van der Waals surface area contributed by atoms with E-state index in [0.717, 1.165) is 6.42 Å². The van der Waals surface area contributed by atoms with Crippen molar-refractivity contribution in [1.29, 1.82) is 0 Å². The molecule has 0 radical (unpaired) electrons. The second-order valence-corrected chi connectivity index (χ2v) is 6.57. The minimum absolute atomic E-state index is 0.543. The molecule has 1 saturated heterocycles. The van der Waals surface area contributed by atoms with Crippen molar-refractivity contribution in [2.45, 2.75) is 57.0 Å². The van der Waals surface area contributed by atoms with Gasteiger partial charge in [-0.25, -0.2) is 0 Å². The van der Waals surface area contributed by atoms with E-state index >= 15 is 0 Å². The van der Waals surface area contributed by atoms with Crippen molar-refractivity contribution in [3.8, 4) is 0 Å². The first-order valence-electron chi connectivity index (χ1n) is 8.35. The Bertz CT molecular complexity index is 405. The highest BCUT2D eigenvalue weighted by Crippen LogP contribution is 2.40. The molecule has 0 amide bonds. The first-order valence-corrected chi connectivity index (χ1v) is 8.35. The van der Waals surface area contributed by atoms with Gasteiger partial charge in [-0.1, -0.05) is 37.3 Å². The molecule has 0 spiro atoms. The van der Waals surface area contributed by atoms with Crippen molar-refractivity contribution in [3.05, 3.63) is 35.9 Å². The summed E-state index contributed by atoms with van der Waals surface area (Å²) in [4.78, 5) is 2.81. The number of hydrogen-bond acceptors (Lipinski definition) is 2. The normalized spacial score (nSPS) is 26.8. The second kappa shape index (κ2) is 6.28. The molecule has 0 bridgehead atoms. The topological polar surface area (TPSA) is 15.3 Å². The van der Waals surface area contributed by atoms with Gasteiger partial charge in [0.15, 0.2) is 0 Å². The molecule has 1 atom stereocenters. The van der Waals surface area contributed by atoms with Crippen LogP contribution in [-0.2, 0) is 6.42 Å². The van der Waals surface area contributed by atoms with E-state index in [-0.39, 0.29) is 0 Å². The van der Waals surface area contributed by atoms with Gasteiger partial charge in [0.05, 0.1) is 0 Å². The Balaban J connectivity index is 1.66. The van der Waals surface area contributed by atoms with Crippen LogP contribution in [0.2, 0.25) is 0 Å². The molecule has 1 aromatic rings. The number of nitrogens with zero attached hydrogens (tertiary/aromatic N) is 1. The van der Waals surface area contributed by atoms with Crippen LogP contribution >= 0.6 is 0 Å². The lowest BCUT2D eigenvalue weighted by Crippen LogP contribution is -2.56. The molecule has 1 saturated carbocycles. The molecule has 1 aliphatic carbocycles. The van der Waals surface area contributed by atoms with E-state index in [1.807, 2.05) is 0 Å². The number of nitrogens with one attached hydrogen (secondary N) is 1. The van der Waals surface area contributed by atoms with Gasteiger partial charge in [0.1, 0.15) is 0 Å². The summed E-state index contributed by atoms with van der Waals surface area (Å²) < 4.78 is 0. The molecular weight excluding hydrogens is 244 g/mol. The summed E-state index contributed by atoms with van der Waals surface area (Å²) in [6, 6.07) is 11.6. The van der Waals surface area contributed by atoms with Crippen molar-refractivity contribution in [3.63, 3.8) is 0 Å². The molecule has 1 heterocycles. The highest BCUT2D eigenvalue weighted by Gasteiger charge is 2.41. The van der Waals surface area contributed by atoms with Crippen molar-refractivity contribution >= 4 is 0 Å². The van der Waals surface area contributed by atoms with Crippen molar-refractivity contribution in [2.24, 2.45) is 0 Å². The summed E-state index contributed by atoms with van der Waals surface area (Å²) in [5.74, 6) is 0. The Morgan fingerprint density at radius 3 is 2.65 bits per heavy atom. The van der Waals surface area contributed by atoms with Gasteiger partial charge >= 0.3 is 0 Å². The first kappa shape index (κ1) is 14.1. The van der Waals surface area contributed by atoms with E-state index in [9.17, 15) is 0 Å². The fourth-order valence-electron chi connectivity index (χ4n) is 3.94. The standard InChI is InChI=1S/C18H28N2/c1-2-18(10-6-11-18)20-13-7-12-19-17(15-20)14-16-8-4-3-5-9-16/h3-5,8-9,17,19H,2,6-7,10-15H2,1H3. The number of hydrogen-bond donors (Lipinski definition) is 1. The van der Waals surface area contributed by atoms with Gasteiger partial charge in [-0.15, -0.1) is 0 Å². The maximum atomic E-state index is 3.76. The van der Waals surface area contributed by atoms with Crippen molar-refractivity contribution in [1.82, 2.24) is 10.2 Å². The Morgan fingerprint density at radius 2 is 2.00 bits per heavy atom. The van der Waals surface area contributed by atoms with Crippen LogP contribution in [0.3, 0.4) is 0 Å². The zero-order valence-electron chi connectivity index (χ0n) is 12.8. The predicted octanol–water partition coefficient (Wildman–Crippen LogP) is 3.23. The Morgan fingerprint density at radius 1 is 1.20 bits per heavy atom. The van der Waals surface area contributed by atoms with E-state index < -0.39 is 0 Å². The lowest BCUT2D eigenvalue weighted by Gasteiger charge is -2.50. The van der Waals surface area contributed by atoms with E-state index in [4.69, 9.17) is 0 Å². The Labute approximate surface area is 123 Å². The fourth-order valence-corrected chi connectivity index (χ4v) is 3.94. The monoisotopic (exact) mass is 272 g/mol. The van der Waals surface area contributed by atoms with Crippen LogP contribution in [-0.4, -0.2) is 36.1 Å². The molecule has 2 fully saturated rings. The second-order valence-electron chi connectivity index (χ2n) is 6.57. The van der Waals surface area contributed by atoms with Crippen LogP contribution < -0.4 is 5.32 Å². The quantitative estimate of drug-likeness (QED) is 0.905. The van der Waals surface area contributed by atoms with Crippen molar-refractivity contribution in [2.75, 3.05) is 19.6 Å². The summed E-state index contributed by atoms with van der Waals surface area (Å²) in [7, 11) is 0. The predicted molar refractivity (Wildman–Crippen MR) is 85.0 cm³/mol. The molecular formula is C18H28N2. The van der Waals surface area contributed by atoms with Crippen LogP contribution in [0.5, 0.6) is 0 Å². The maximum Gasteiger partial charge on any atom is 0.0235 e. The highest BCUT2D eigenvalue weighted by molar-refractivity contribution is 5.16. The van der Waals surface area contributed by atoms with E-state index in [1.165, 1.54) is 57.3 Å². The van der Waals surface area contributed by atoms with Crippen LogP contribution in [0.1, 0.15) is 44.6 Å². The number of rotatable bonds is 4. The highest BCUT2D eigenvalue weighted by atomic mass is 15.2. The molecule has 2 aliphatic rings. The third-order valence-electron chi connectivity index (χ3n) is 5.42. The molecule has 1 aromatic carbocycles. The molecule has 110 valence electrons. The van der Waals surface area contributed by atoms with Gasteiger partial charge in [-0.3, -0.25) is 4.90 Å². The fraction of sp³-hybridized carbons (Fsp3) is 0.667. The molecule has 1 unspecified atom stereocenters. The van der Waals surface area contributed by atoms with Crippen molar-refractivity contribution < 1.29 is 0 Å². The van der Waals surface area contributed by atoms with E-state index in [0.29, 0.717) is 11.6 Å². The minimum atomic E-state index is 0.543. The molecule has 2 nitrogen and oxygen atoms in total. The molecule has 2 heteroatoms. The summed E-state index contributed by atoms with van der Waals surface area (Å²) >= 11 is 0. The average molecular weight is 272 g/mol. The summed E-state index contributed by atoms with van der Waals surface area (Å²) in [5, 5.41) is 3.76. The molecule has 1 N–H and O–H groups in total. The Kier molecular flexibility index (Phi) is 4.42. The van der Waals surface area contributed by atoms with Gasteiger partial charge < -0.3 is 5.32 Å². The molecule has 0 aromatic heterocycles. The van der Waals surface area contributed by atoms with Gasteiger partial charge in [0.2, 0.25) is 0 Å². The van der Waals surface area contributed by atoms with Crippen LogP contribution in [0, 0.1) is 0 Å². The smallest absolute Gasteiger partial charge is 0.0235 e. The minimum Gasteiger partial charge on any atom is -0.312 e. The summed E-state index contributed by atoms with van der Waals surface area (Å²) in [6.45, 7) is 6.06. The Hall–Kier alpha value is -0.860. The lowest BCUT2D eigenvalue weighted by molar-refractivity contribution is 0.0112. The molecule has 1 aliphatic heterocycles.